The maximum atomic E-state index is 17.2. The Morgan fingerprint density at radius 3 is 0.746 bits per heavy atom. The van der Waals surface area contributed by atoms with Gasteiger partial charge in [-0.05, 0) is 0 Å². The number of carbonyl (C=O) groups excluding carboxylic acids is 4. The summed E-state index contributed by atoms with van der Waals surface area (Å²) >= 11 is -4.43. The van der Waals surface area contributed by atoms with E-state index in [1.54, 1.807) is 36.4 Å². The zero-order valence-electron chi connectivity index (χ0n) is 73.9. The third-order valence-corrected chi connectivity index (χ3v) is 34.7. The Labute approximate surface area is 958 Å². The Morgan fingerprint density at radius 1 is 0.254 bits per heavy atom. The van der Waals surface area contributed by atoms with Crippen LogP contribution in [0.4, 0.5) is 11.4 Å². The van der Waals surface area contributed by atoms with Crippen molar-refractivity contribution in [1.29, 1.82) is 0 Å². The number of anilines is 2. The van der Waals surface area contributed by atoms with Crippen LogP contribution in [0, 0.1) is 24.3 Å². The minimum atomic E-state index is -5.27. The van der Waals surface area contributed by atoms with E-state index < -0.39 is 144 Å². The molecule has 15 aromatic rings. The second kappa shape index (κ2) is 44.6. The second-order valence-corrected chi connectivity index (χ2v) is 45.4. The molecular weight excluding hydrogens is 2070 g/mol. The molecule has 4 amide bonds. The number of benzene rings is 15. The smallest absolute Gasteiger partial charge is 1.00 e. The first-order valence-electron chi connectivity index (χ1n) is 38.4. The zero-order valence-corrected chi connectivity index (χ0v) is 100. The number of amides is 4. The molecule has 130 heavy (non-hydrogen) atoms. The van der Waals surface area contributed by atoms with Gasteiger partial charge in [0.25, 0.3) is 0 Å². The van der Waals surface area contributed by atoms with Crippen LogP contribution in [0.3, 0.4) is 0 Å². The van der Waals surface area contributed by atoms with Gasteiger partial charge in [0.2, 0.25) is 0 Å². The summed E-state index contributed by atoms with van der Waals surface area (Å²) in [6, 6.07) is 74.8. The Balaban J connectivity index is 0.00000238. The summed E-state index contributed by atoms with van der Waals surface area (Å²) in [5.41, 5.74) is 7.66. The van der Waals surface area contributed by atoms with E-state index in [1.807, 2.05) is 165 Å². The van der Waals surface area contributed by atoms with Crippen molar-refractivity contribution in [3.05, 3.63) is 299 Å². The second-order valence-electron chi connectivity index (χ2n) is 30.8. The van der Waals surface area contributed by atoms with E-state index in [-0.39, 0.29) is 315 Å². The molecule has 0 fully saturated rings. The van der Waals surface area contributed by atoms with Crippen LogP contribution in [-0.2, 0) is 40.5 Å². The van der Waals surface area contributed by atoms with Gasteiger partial charge in [0.15, 0.2) is 0 Å². The third kappa shape index (κ3) is 21.4. The van der Waals surface area contributed by atoms with Gasteiger partial charge in [0.1, 0.15) is 0 Å². The molecule has 0 aromatic heterocycles. The van der Waals surface area contributed by atoms with Crippen molar-refractivity contribution in [3.63, 3.8) is 0 Å². The number of fused-ring (bicyclic) bond motifs is 2. The Morgan fingerprint density at radius 2 is 0.492 bits per heavy atom. The Kier molecular flexibility index (Phi) is 38.2. The predicted octanol–water partition coefficient (Wildman–Crippen LogP) is -12.0. The van der Waals surface area contributed by atoms with Crippen LogP contribution in [-0.4, -0.2) is 135 Å². The SMILES string of the molecule is CC(C)c1cccc(C(C)C)c1N1C(=O)c2cc([Se]c3cc[c-]cc3-c3cc[c-]cc3)c3c4c([Se]c5cc[c-]cc5-c5cc[c-]cc5)cc5c6c(cc([Se]c7ccc(S(=O)(=O)[O-])cc7-c7ccc(S(=O)(=O)[O-])cc7)c(c7c([Se]c8ccc(S(=O)(=O)[O-])cc8-c8ccc(S(=O)(=O)[O-])cc8)cc(c2c37)C1=O)c64)C(=O)N(c1c(C(C)C)cccc1C(C)C)C5=O.[Na+].[Na+].[Na+].[Na+].[Na+].[Na+].[Na+].[Na+]. The maximum absolute atomic E-state index is 17.2. The van der Waals surface area contributed by atoms with Crippen molar-refractivity contribution in [2.45, 2.75) is 98.6 Å². The van der Waals surface area contributed by atoms with Crippen molar-refractivity contribution in [2.24, 2.45) is 0 Å². The maximum Gasteiger partial charge on any atom is 1.00 e. The molecule has 2 heterocycles. The fraction of sp³-hybridized carbons (Fsp3) is 0.125. The Hall–Kier alpha value is -2.40. The molecule has 0 spiro atoms. The first kappa shape index (κ1) is 111. The zero-order chi connectivity index (χ0) is 86.2. The van der Waals surface area contributed by atoms with Crippen molar-refractivity contribution < 1.29 is 308 Å². The molecule has 0 aliphatic carbocycles. The summed E-state index contributed by atoms with van der Waals surface area (Å²) in [5.74, 6) is -3.76. The van der Waals surface area contributed by atoms with Gasteiger partial charge in [-0.2, -0.15) is 0 Å². The summed E-state index contributed by atoms with van der Waals surface area (Å²) in [5, 5.41) is 3.02. The number of hydrogen-bond acceptors (Lipinski definition) is 16. The van der Waals surface area contributed by atoms with E-state index in [4.69, 9.17) is 0 Å². The molecule has 0 bridgehead atoms. The van der Waals surface area contributed by atoms with E-state index >= 15 is 19.2 Å². The van der Waals surface area contributed by atoms with Gasteiger partial charge in [-0.25, -0.2) is 0 Å². The van der Waals surface area contributed by atoms with E-state index in [2.05, 4.69) is 24.3 Å². The number of carbonyl (C=O) groups is 4. The van der Waals surface area contributed by atoms with E-state index in [9.17, 15) is 51.9 Å². The van der Waals surface area contributed by atoms with E-state index in [1.165, 1.54) is 46.2 Å². The van der Waals surface area contributed by atoms with Crippen LogP contribution in [0.1, 0.15) is 143 Å². The van der Waals surface area contributed by atoms with Crippen molar-refractivity contribution >= 4 is 214 Å². The van der Waals surface area contributed by atoms with Crippen LogP contribution in [0.25, 0.3) is 87.6 Å². The summed E-state index contributed by atoms with van der Waals surface area (Å²) in [4.78, 5) is 68.8. The molecule has 0 radical (unpaired) electrons. The molecule has 0 saturated carbocycles. The van der Waals surface area contributed by atoms with Gasteiger partial charge in [-0.3, -0.25) is 0 Å². The molecule has 2 aliphatic heterocycles. The van der Waals surface area contributed by atoms with Gasteiger partial charge < -0.3 is 0 Å². The van der Waals surface area contributed by atoms with Gasteiger partial charge in [-0.1, -0.05) is 0 Å². The van der Waals surface area contributed by atoms with E-state index in [0.29, 0.717) is 92.7 Å². The number of imide groups is 2. The molecule has 17 rings (SSSR count). The number of rotatable bonds is 22. The molecule has 0 N–H and O–H groups in total. The minimum absolute atomic E-state index is 0. The summed E-state index contributed by atoms with van der Waals surface area (Å²) in [6.45, 7) is 15.8. The summed E-state index contributed by atoms with van der Waals surface area (Å²) in [6.07, 6.45) is 0. The summed E-state index contributed by atoms with van der Waals surface area (Å²) in [7, 11) is -20.7. The molecule has 2 aliphatic rings. The molecule has 0 atom stereocenters. The van der Waals surface area contributed by atoms with Crippen molar-refractivity contribution in [3.8, 4) is 44.5 Å². The van der Waals surface area contributed by atoms with Crippen molar-refractivity contribution in [1.82, 2.24) is 0 Å². The van der Waals surface area contributed by atoms with Crippen LogP contribution in [0.5, 0.6) is 0 Å². The molecule has 612 valence electrons. The molecule has 18 nitrogen and oxygen atoms in total. The summed E-state index contributed by atoms with van der Waals surface area (Å²) < 4.78 is 161. The topological polar surface area (TPSA) is 304 Å². The van der Waals surface area contributed by atoms with Gasteiger partial charge in [0.05, 0.1) is 0 Å². The number of hydrogen-bond donors (Lipinski definition) is 0. The van der Waals surface area contributed by atoms with Gasteiger partial charge >= 0.3 is 974 Å². The van der Waals surface area contributed by atoms with Gasteiger partial charge in [0, 0.05) is 0 Å². The van der Waals surface area contributed by atoms with Crippen LogP contribution in [0.15, 0.2) is 250 Å². The largest absolute Gasteiger partial charge is 1.00 e. The van der Waals surface area contributed by atoms with Crippen LogP contribution < -0.4 is 282 Å². The normalized spacial score (nSPS) is 12.6. The quantitative estimate of drug-likeness (QED) is 0.0152. The molecule has 34 heteroatoms. The average Bonchev–Trinajstić information content (AvgIpc) is 0.667. The number of para-hydroxylation sites is 2. The molecule has 0 unspecified atom stereocenters. The minimum Gasteiger partial charge on any atom is 1.00 e. The van der Waals surface area contributed by atoms with Crippen LogP contribution >= 0.6 is 0 Å². The van der Waals surface area contributed by atoms with E-state index in [0.717, 1.165) is 79.7 Å². The monoisotopic (exact) mass is 2130 g/mol. The molecular formula is C96H66N2Na8O16S4Se4. The standard InChI is InChI=1S/C96H70N2O16S4Se4.8Na/c1-51(2)63-27-19-28-64(52(3)4)91(63)97-93(99)71-47-79(119-75-31-17-15-25-67(75)55-21-11-9-12-22-55)85-86-80(120-76-32-18-16-26-68(76)56-23-13-10-14-24-56)48-72-84-74(96(102)98(94(72)100)92-65(53(5)6)29-20-30-66(92)54(7)8)50-82(122-78-44-42-62(118(112,113)114)46-70(78)58-35-39-60(40-36-58)116(106,107)108)88(90(84)86)87-81(49-73(95(97)101)83(71)89(85)87)121-77-43-41-61(117(109,110)111)45-69(77)57-33-37-59(38-34-57)115(103,104)105;;;;;;;;/h11-14,17-54H,1-8H3,(H,103,104,105)(H,106,107,108)(H,109,110,111)(H,112,113,114);;;;;;;;/q-4;8*+1/p-4. The molecule has 0 saturated heterocycles. The Bertz CT molecular complexity index is 7030. The molecule has 15 aromatic carbocycles. The fourth-order valence-electron chi connectivity index (χ4n) is 16.4. The van der Waals surface area contributed by atoms with Gasteiger partial charge in [-0.15, -0.1) is 0 Å². The average molecular weight is 2130 g/mol. The van der Waals surface area contributed by atoms with Crippen molar-refractivity contribution in [2.75, 3.05) is 9.80 Å². The third-order valence-electron chi connectivity index (χ3n) is 22.0. The first-order valence-corrected chi connectivity index (χ1v) is 50.9. The first-order chi connectivity index (χ1) is 58.0. The predicted molar refractivity (Wildman–Crippen MR) is 474 cm³/mol. The van der Waals surface area contributed by atoms with Crippen LogP contribution in [0.2, 0.25) is 0 Å². The fourth-order valence-corrected chi connectivity index (χ4v) is 27.9. The number of nitrogens with zero attached hydrogens (tertiary/aromatic N) is 2.